The van der Waals surface area contributed by atoms with Gasteiger partial charge in [0.05, 0.1) is 10.5 Å². The molecular formula is C11H11BrN4. The number of nitrogens with one attached hydrogen (secondary N) is 1. The number of rotatable bonds is 3. The van der Waals surface area contributed by atoms with Crippen LogP contribution in [0.25, 0.3) is 0 Å². The molecule has 0 amide bonds. The molecule has 0 aliphatic rings. The molecule has 82 valence electrons. The maximum Gasteiger partial charge on any atom is 0.144 e. The molecule has 0 bridgehead atoms. The van der Waals surface area contributed by atoms with E-state index >= 15 is 0 Å². The fraction of sp³-hybridized carbons (Fsp3) is 0.182. The highest BCUT2D eigenvalue weighted by Crippen LogP contribution is 2.22. The maximum absolute atomic E-state index is 4.16. The fourth-order valence-corrected chi connectivity index (χ4v) is 1.69. The Labute approximate surface area is 102 Å². The normalized spacial score (nSPS) is 12.1. The zero-order valence-corrected chi connectivity index (χ0v) is 10.3. The van der Waals surface area contributed by atoms with Crippen molar-refractivity contribution in [3.05, 3.63) is 47.1 Å². The lowest BCUT2D eigenvalue weighted by Gasteiger charge is -2.15. The van der Waals surface area contributed by atoms with Crippen LogP contribution in [0.15, 0.2) is 41.5 Å². The van der Waals surface area contributed by atoms with Crippen LogP contribution in [0.3, 0.4) is 0 Å². The van der Waals surface area contributed by atoms with Gasteiger partial charge >= 0.3 is 0 Å². The summed E-state index contributed by atoms with van der Waals surface area (Å²) in [6.45, 7) is 2.07. The van der Waals surface area contributed by atoms with Crippen molar-refractivity contribution in [2.24, 2.45) is 0 Å². The van der Waals surface area contributed by atoms with E-state index in [1.165, 1.54) is 11.9 Å². The number of halogens is 1. The van der Waals surface area contributed by atoms with E-state index in [1.807, 2.05) is 12.1 Å². The average molecular weight is 279 g/mol. The molecule has 2 aromatic heterocycles. The van der Waals surface area contributed by atoms with Gasteiger partial charge in [0.1, 0.15) is 12.1 Å². The minimum absolute atomic E-state index is 0.175. The summed E-state index contributed by atoms with van der Waals surface area (Å²) < 4.78 is 0.857. The first-order chi connectivity index (χ1) is 7.77. The van der Waals surface area contributed by atoms with Crippen LogP contribution in [0.2, 0.25) is 0 Å². The number of aromatic nitrogens is 3. The SMILES string of the molecule is C[C@H](Nc1ncncc1Br)c1ccncc1. The molecule has 1 atom stereocenters. The summed E-state index contributed by atoms with van der Waals surface area (Å²) in [5.41, 5.74) is 1.17. The van der Waals surface area contributed by atoms with E-state index in [4.69, 9.17) is 0 Å². The van der Waals surface area contributed by atoms with Gasteiger partial charge in [-0.3, -0.25) is 4.98 Å². The molecule has 0 aromatic carbocycles. The minimum atomic E-state index is 0.175. The quantitative estimate of drug-likeness (QED) is 0.938. The topological polar surface area (TPSA) is 50.7 Å². The van der Waals surface area contributed by atoms with Crippen molar-refractivity contribution in [1.29, 1.82) is 0 Å². The van der Waals surface area contributed by atoms with Gasteiger partial charge in [0.25, 0.3) is 0 Å². The summed E-state index contributed by atoms with van der Waals surface area (Å²) in [4.78, 5) is 12.1. The Balaban J connectivity index is 2.14. The highest BCUT2D eigenvalue weighted by molar-refractivity contribution is 9.10. The molecule has 0 unspecified atom stereocenters. The van der Waals surface area contributed by atoms with Crippen molar-refractivity contribution < 1.29 is 0 Å². The number of hydrogen-bond acceptors (Lipinski definition) is 4. The van der Waals surface area contributed by atoms with Crippen LogP contribution in [0, 0.1) is 0 Å². The van der Waals surface area contributed by atoms with E-state index in [0.29, 0.717) is 0 Å². The van der Waals surface area contributed by atoms with E-state index in [9.17, 15) is 0 Å². The molecule has 5 heteroatoms. The summed E-state index contributed by atoms with van der Waals surface area (Å²) in [6.07, 6.45) is 6.80. The second-order valence-corrected chi connectivity index (χ2v) is 4.22. The van der Waals surface area contributed by atoms with Crippen LogP contribution in [0.5, 0.6) is 0 Å². The molecule has 0 radical (unpaired) electrons. The highest BCUT2D eigenvalue weighted by atomic mass is 79.9. The van der Waals surface area contributed by atoms with Crippen molar-refractivity contribution in [1.82, 2.24) is 15.0 Å². The third-order valence-electron chi connectivity index (χ3n) is 2.23. The third-order valence-corrected chi connectivity index (χ3v) is 2.81. The van der Waals surface area contributed by atoms with Crippen molar-refractivity contribution in [2.45, 2.75) is 13.0 Å². The molecule has 1 N–H and O–H groups in total. The van der Waals surface area contributed by atoms with Crippen molar-refractivity contribution in [3.63, 3.8) is 0 Å². The molecule has 0 fully saturated rings. The van der Waals surface area contributed by atoms with E-state index < -0.39 is 0 Å². The molecule has 2 heterocycles. The lowest BCUT2D eigenvalue weighted by atomic mass is 10.1. The number of hydrogen-bond donors (Lipinski definition) is 1. The Morgan fingerprint density at radius 2 is 2.00 bits per heavy atom. The number of anilines is 1. The molecule has 4 nitrogen and oxygen atoms in total. The van der Waals surface area contributed by atoms with Gasteiger partial charge in [-0.05, 0) is 40.5 Å². The fourth-order valence-electron chi connectivity index (χ4n) is 1.36. The Hall–Kier alpha value is -1.49. The Bertz CT molecular complexity index is 461. The van der Waals surface area contributed by atoms with Crippen LogP contribution in [-0.2, 0) is 0 Å². The summed E-state index contributed by atoms with van der Waals surface area (Å²) >= 11 is 3.40. The number of nitrogens with zero attached hydrogens (tertiary/aromatic N) is 3. The lowest BCUT2D eigenvalue weighted by Crippen LogP contribution is -2.08. The van der Waals surface area contributed by atoms with Crippen LogP contribution in [0.1, 0.15) is 18.5 Å². The third kappa shape index (κ3) is 2.55. The van der Waals surface area contributed by atoms with Gasteiger partial charge in [0.15, 0.2) is 0 Å². The average Bonchev–Trinajstić information content (AvgIpc) is 2.33. The largest absolute Gasteiger partial charge is 0.363 e. The zero-order chi connectivity index (χ0) is 11.4. The Morgan fingerprint density at radius 1 is 1.25 bits per heavy atom. The van der Waals surface area contributed by atoms with Gasteiger partial charge in [0, 0.05) is 18.6 Å². The predicted molar refractivity (Wildman–Crippen MR) is 66.0 cm³/mol. The Kier molecular flexibility index (Phi) is 3.46. The molecule has 0 saturated carbocycles. The summed E-state index contributed by atoms with van der Waals surface area (Å²) in [5.74, 6) is 0.791. The molecule has 2 aromatic rings. The molecular weight excluding hydrogens is 268 g/mol. The van der Waals surface area contributed by atoms with Crippen molar-refractivity contribution in [3.8, 4) is 0 Å². The van der Waals surface area contributed by atoms with Gasteiger partial charge in [-0.1, -0.05) is 0 Å². The molecule has 0 aliphatic heterocycles. The Morgan fingerprint density at radius 3 is 2.69 bits per heavy atom. The second-order valence-electron chi connectivity index (χ2n) is 3.37. The summed E-state index contributed by atoms with van der Waals surface area (Å²) in [6, 6.07) is 4.13. The van der Waals surface area contributed by atoms with Crippen LogP contribution >= 0.6 is 15.9 Å². The van der Waals surface area contributed by atoms with E-state index in [2.05, 4.69) is 43.1 Å². The minimum Gasteiger partial charge on any atom is -0.363 e. The van der Waals surface area contributed by atoms with Gasteiger partial charge in [-0.15, -0.1) is 0 Å². The smallest absolute Gasteiger partial charge is 0.144 e. The zero-order valence-electron chi connectivity index (χ0n) is 8.76. The molecule has 16 heavy (non-hydrogen) atoms. The second kappa shape index (κ2) is 5.03. The highest BCUT2D eigenvalue weighted by Gasteiger charge is 2.07. The molecule has 2 rings (SSSR count). The first-order valence-corrected chi connectivity index (χ1v) is 5.68. The van der Waals surface area contributed by atoms with Gasteiger partial charge < -0.3 is 5.32 Å². The van der Waals surface area contributed by atoms with Crippen molar-refractivity contribution >= 4 is 21.7 Å². The standard InChI is InChI=1S/C11H11BrN4/c1-8(9-2-4-13-5-3-9)16-11-10(12)6-14-7-15-11/h2-8H,1H3,(H,14,15,16)/t8-/m0/s1. The lowest BCUT2D eigenvalue weighted by molar-refractivity contribution is 0.866. The van der Waals surface area contributed by atoms with Crippen LogP contribution < -0.4 is 5.32 Å². The molecule has 0 spiro atoms. The first kappa shape index (κ1) is 11.0. The van der Waals surface area contributed by atoms with Crippen molar-refractivity contribution in [2.75, 3.05) is 5.32 Å². The van der Waals surface area contributed by atoms with Gasteiger partial charge in [-0.25, -0.2) is 9.97 Å². The molecule has 0 aliphatic carbocycles. The maximum atomic E-state index is 4.16. The number of pyridine rings is 1. The first-order valence-electron chi connectivity index (χ1n) is 4.89. The summed E-state index contributed by atoms with van der Waals surface area (Å²) in [5, 5.41) is 3.30. The monoisotopic (exact) mass is 278 g/mol. The molecule has 0 saturated heterocycles. The van der Waals surface area contributed by atoms with Gasteiger partial charge in [0.2, 0.25) is 0 Å². The predicted octanol–water partition coefficient (Wildman–Crippen LogP) is 2.81. The summed E-state index contributed by atoms with van der Waals surface area (Å²) in [7, 11) is 0. The van der Waals surface area contributed by atoms with E-state index in [0.717, 1.165) is 10.3 Å². The van der Waals surface area contributed by atoms with E-state index in [-0.39, 0.29) is 6.04 Å². The van der Waals surface area contributed by atoms with Gasteiger partial charge in [-0.2, -0.15) is 0 Å². The van der Waals surface area contributed by atoms with Crippen LogP contribution in [0.4, 0.5) is 5.82 Å². The van der Waals surface area contributed by atoms with Crippen LogP contribution in [-0.4, -0.2) is 15.0 Å². The van der Waals surface area contributed by atoms with E-state index in [1.54, 1.807) is 18.6 Å².